The van der Waals surface area contributed by atoms with E-state index in [-0.39, 0.29) is 12.0 Å². The Morgan fingerprint density at radius 2 is 2.04 bits per heavy atom. The maximum Gasteiger partial charge on any atom is 0.255 e. The van der Waals surface area contributed by atoms with Gasteiger partial charge in [-0.05, 0) is 18.9 Å². The van der Waals surface area contributed by atoms with Crippen LogP contribution >= 0.6 is 0 Å². The van der Waals surface area contributed by atoms with Gasteiger partial charge in [-0.2, -0.15) is 0 Å². The number of carbonyl (C=O) groups excluding carboxylic acids is 1. The lowest BCUT2D eigenvalue weighted by molar-refractivity contribution is -0.181. The molecule has 1 amide bonds. The maximum absolute atomic E-state index is 12.8. The van der Waals surface area contributed by atoms with Gasteiger partial charge in [-0.1, -0.05) is 0 Å². The summed E-state index contributed by atoms with van der Waals surface area (Å²) in [7, 11) is 0. The van der Waals surface area contributed by atoms with Crippen molar-refractivity contribution in [2.45, 2.75) is 37.6 Å². The minimum Gasteiger partial charge on any atom is -0.381 e. The second kappa shape index (κ2) is 7.27. The van der Waals surface area contributed by atoms with E-state index >= 15 is 0 Å². The van der Waals surface area contributed by atoms with Gasteiger partial charge in [0.1, 0.15) is 0 Å². The molecule has 3 aliphatic heterocycles. The zero-order valence-corrected chi connectivity index (χ0v) is 14.4. The van der Waals surface area contributed by atoms with Crippen molar-refractivity contribution < 1.29 is 19.0 Å². The third-order valence-corrected chi connectivity index (χ3v) is 5.17. The SMILES string of the molecule is O=C(c1cncc(NCC2CCCO2)c1)N1CCC2(CC1)OCCO2. The quantitative estimate of drug-likeness (QED) is 0.893. The van der Waals surface area contributed by atoms with Crippen LogP contribution in [0.5, 0.6) is 0 Å². The minimum atomic E-state index is -0.459. The molecule has 136 valence electrons. The molecule has 1 N–H and O–H groups in total. The molecule has 4 heterocycles. The summed E-state index contributed by atoms with van der Waals surface area (Å²) in [6.07, 6.45) is 7.28. The van der Waals surface area contributed by atoms with Crippen LogP contribution in [-0.2, 0) is 14.2 Å². The number of hydrogen-bond acceptors (Lipinski definition) is 6. The molecule has 25 heavy (non-hydrogen) atoms. The fourth-order valence-corrected chi connectivity index (χ4v) is 3.71. The number of hydrogen-bond donors (Lipinski definition) is 1. The second-order valence-corrected chi connectivity index (χ2v) is 6.88. The monoisotopic (exact) mass is 347 g/mol. The van der Waals surface area contributed by atoms with Gasteiger partial charge in [-0.3, -0.25) is 9.78 Å². The summed E-state index contributed by atoms with van der Waals surface area (Å²) in [5, 5.41) is 3.33. The first-order valence-electron chi connectivity index (χ1n) is 9.12. The van der Waals surface area contributed by atoms with Gasteiger partial charge in [0.25, 0.3) is 5.91 Å². The molecule has 1 aromatic heterocycles. The van der Waals surface area contributed by atoms with Crippen molar-refractivity contribution in [2.75, 3.05) is 44.8 Å². The van der Waals surface area contributed by atoms with E-state index in [4.69, 9.17) is 14.2 Å². The van der Waals surface area contributed by atoms with Crippen LogP contribution in [0.15, 0.2) is 18.5 Å². The molecule has 0 radical (unpaired) electrons. The van der Waals surface area contributed by atoms with Crippen LogP contribution in [-0.4, -0.2) is 67.1 Å². The van der Waals surface area contributed by atoms with E-state index in [1.165, 1.54) is 0 Å². The van der Waals surface area contributed by atoms with E-state index < -0.39 is 5.79 Å². The number of nitrogens with zero attached hydrogens (tertiary/aromatic N) is 2. The number of aromatic nitrogens is 1. The predicted octanol–water partition coefficient (Wildman–Crippen LogP) is 1.65. The highest BCUT2D eigenvalue weighted by Gasteiger charge is 2.40. The zero-order chi connectivity index (χ0) is 17.1. The molecular formula is C18H25N3O4. The summed E-state index contributed by atoms with van der Waals surface area (Å²) < 4.78 is 17.1. The molecular weight excluding hydrogens is 322 g/mol. The average molecular weight is 347 g/mol. The molecule has 3 fully saturated rings. The van der Waals surface area contributed by atoms with Gasteiger partial charge in [0, 0.05) is 51.5 Å². The van der Waals surface area contributed by atoms with Crippen molar-refractivity contribution in [1.82, 2.24) is 9.88 Å². The summed E-state index contributed by atoms with van der Waals surface area (Å²) in [6, 6.07) is 1.87. The molecule has 0 bridgehead atoms. The summed E-state index contributed by atoms with van der Waals surface area (Å²) in [5.41, 5.74) is 1.47. The van der Waals surface area contributed by atoms with Crippen molar-refractivity contribution in [3.05, 3.63) is 24.0 Å². The Hall–Kier alpha value is -1.70. The van der Waals surface area contributed by atoms with Gasteiger partial charge in [0.05, 0.1) is 30.6 Å². The zero-order valence-electron chi connectivity index (χ0n) is 14.4. The molecule has 3 saturated heterocycles. The van der Waals surface area contributed by atoms with Crippen LogP contribution < -0.4 is 5.32 Å². The maximum atomic E-state index is 12.8. The first-order chi connectivity index (χ1) is 12.2. The van der Waals surface area contributed by atoms with Crippen molar-refractivity contribution >= 4 is 11.6 Å². The topological polar surface area (TPSA) is 72.9 Å². The van der Waals surface area contributed by atoms with Gasteiger partial charge < -0.3 is 24.4 Å². The Kier molecular flexibility index (Phi) is 4.87. The number of rotatable bonds is 4. The lowest BCUT2D eigenvalue weighted by Gasteiger charge is -2.37. The molecule has 1 spiro atoms. The highest BCUT2D eigenvalue weighted by atomic mass is 16.7. The number of ether oxygens (including phenoxy) is 3. The smallest absolute Gasteiger partial charge is 0.255 e. The van der Waals surface area contributed by atoms with Crippen LogP contribution in [0.2, 0.25) is 0 Å². The number of likely N-dealkylation sites (tertiary alicyclic amines) is 1. The second-order valence-electron chi connectivity index (χ2n) is 6.88. The number of amides is 1. The fourth-order valence-electron chi connectivity index (χ4n) is 3.71. The minimum absolute atomic E-state index is 0.0149. The van der Waals surface area contributed by atoms with Crippen LogP contribution in [0.1, 0.15) is 36.0 Å². The lowest BCUT2D eigenvalue weighted by Crippen LogP contribution is -2.47. The average Bonchev–Trinajstić information content (AvgIpc) is 3.33. The van der Waals surface area contributed by atoms with Crippen molar-refractivity contribution in [1.29, 1.82) is 0 Å². The van der Waals surface area contributed by atoms with E-state index in [9.17, 15) is 4.79 Å². The fraction of sp³-hybridized carbons (Fsp3) is 0.667. The van der Waals surface area contributed by atoms with E-state index in [0.29, 0.717) is 31.9 Å². The Bertz CT molecular complexity index is 602. The summed E-state index contributed by atoms with van der Waals surface area (Å²) >= 11 is 0. The van der Waals surface area contributed by atoms with E-state index in [0.717, 1.165) is 44.5 Å². The van der Waals surface area contributed by atoms with Crippen LogP contribution in [0.4, 0.5) is 5.69 Å². The summed E-state index contributed by atoms with van der Waals surface area (Å²) in [6.45, 7) is 4.18. The molecule has 1 unspecified atom stereocenters. The molecule has 3 aliphatic rings. The molecule has 0 aromatic carbocycles. The lowest BCUT2D eigenvalue weighted by atomic mass is 10.0. The molecule has 1 aromatic rings. The van der Waals surface area contributed by atoms with Crippen LogP contribution in [0.25, 0.3) is 0 Å². The Morgan fingerprint density at radius 1 is 1.24 bits per heavy atom. The number of carbonyl (C=O) groups is 1. The van der Waals surface area contributed by atoms with Gasteiger partial charge >= 0.3 is 0 Å². The molecule has 0 aliphatic carbocycles. The van der Waals surface area contributed by atoms with Gasteiger partial charge in [-0.25, -0.2) is 0 Å². The summed E-state index contributed by atoms with van der Waals surface area (Å²) in [4.78, 5) is 18.8. The molecule has 4 rings (SSSR count). The van der Waals surface area contributed by atoms with Crippen molar-refractivity contribution in [2.24, 2.45) is 0 Å². The largest absolute Gasteiger partial charge is 0.381 e. The number of nitrogens with one attached hydrogen (secondary N) is 1. The Morgan fingerprint density at radius 3 is 2.76 bits per heavy atom. The molecule has 1 atom stereocenters. The first-order valence-corrected chi connectivity index (χ1v) is 9.12. The standard InChI is InChI=1S/C18H25N3O4/c22-17(21-5-3-18(4-6-21)24-8-9-25-18)14-10-15(12-19-11-14)20-13-16-2-1-7-23-16/h10-12,16,20H,1-9,13H2. The van der Waals surface area contributed by atoms with Gasteiger partial charge in [-0.15, -0.1) is 0 Å². The van der Waals surface area contributed by atoms with Crippen molar-refractivity contribution in [3.63, 3.8) is 0 Å². The predicted molar refractivity (Wildman–Crippen MR) is 91.5 cm³/mol. The third-order valence-electron chi connectivity index (χ3n) is 5.17. The number of piperidine rings is 1. The van der Waals surface area contributed by atoms with E-state index in [1.54, 1.807) is 12.4 Å². The van der Waals surface area contributed by atoms with Gasteiger partial charge in [0.15, 0.2) is 5.79 Å². The first kappa shape index (κ1) is 16.8. The molecule has 7 nitrogen and oxygen atoms in total. The highest BCUT2D eigenvalue weighted by molar-refractivity contribution is 5.94. The number of anilines is 1. The summed E-state index contributed by atoms with van der Waals surface area (Å²) in [5.74, 6) is -0.444. The Balaban J connectivity index is 1.34. The number of pyridine rings is 1. The third kappa shape index (κ3) is 3.78. The van der Waals surface area contributed by atoms with E-state index in [2.05, 4.69) is 10.3 Å². The van der Waals surface area contributed by atoms with E-state index in [1.807, 2.05) is 11.0 Å². The van der Waals surface area contributed by atoms with Crippen molar-refractivity contribution in [3.8, 4) is 0 Å². The highest BCUT2D eigenvalue weighted by Crippen LogP contribution is 2.31. The normalized spacial score (nSPS) is 25.4. The Labute approximate surface area is 147 Å². The van der Waals surface area contributed by atoms with Gasteiger partial charge in [0.2, 0.25) is 0 Å². The van der Waals surface area contributed by atoms with Crippen LogP contribution in [0.3, 0.4) is 0 Å². The molecule has 7 heteroatoms. The molecule has 0 saturated carbocycles. The van der Waals surface area contributed by atoms with Crippen LogP contribution in [0, 0.1) is 0 Å².